The average molecular weight is 501 g/mol. The van der Waals surface area contributed by atoms with Crippen molar-refractivity contribution in [3.63, 3.8) is 0 Å². The van der Waals surface area contributed by atoms with Gasteiger partial charge in [-0.2, -0.15) is 0 Å². The SMILES string of the molecule is CCS(=O)(=O)c1ccc(CC(=O)Cc2ccc(OC3(c4ccc(Cl)c(F)c4)CCC3)cc2)cc1. The topological polar surface area (TPSA) is 60.4 Å². The summed E-state index contributed by atoms with van der Waals surface area (Å²) in [4.78, 5) is 12.8. The van der Waals surface area contributed by atoms with Crippen LogP contribution in [0.2, 0.25) is 5.02 Å². The summed E-state index contributed by atoms with van der Waals surface area (Å²) >= 11 is 5.83. The van der Waals surface area contributed by atoms with E-state index in [4.69, 9.17) is 16.3 Å². The molecule has 34 heavy (non-hydrogen) atoms. The van der Waals surface area contributed by atoms with Gasteiger partial charge in [0.1, 0.15) is 23.0 Å². The Bertz CT molecular complexity index is 1280. The Morgan fingerprint density at radius 2 is 1.56 bits per heavy atom. The van der Waals surface area contributed by atoms with E-state index in [1.165, 1.54) is 6.07 Å². The van der Waals surface area contributed by atoms with Gasteiger partial charge < -0.3 is 4.74 Å². The Balaban J connectivity index is 1.38. The maximum Gasteiger partial charge on any atom is 0.178 e. The molecule has 0 atom stereocenters. The van der Waals surface area contributed by atoms with E-state index >= 15 is 0 Å². The second-order valence-corrected chi connectivity index (χ2v) is 11.3. The molecule has 0 radical (unpaired) electrons. The molecule has 1 fully saturated rings. The molecule has 4 rings (SSSR count). The third-order valence-electron chi connectivity index (χ3n) is 6.31. The molecule has 0 N–H and O–H groups in total. The number of benzene rings is 3. The lowest BCUT2D eigenvalue weighted by molar-refractivity contribution is -0.117. The molecule has 0 aromatic heterocycles. The first-order valence-corrected chi connectivity index (χ1v) is 13.3. The van der Waals surface area contributed by atoms with Crippen molar-refractivity contribution in [3.8, 4) is 5.75 Å². The zero-order valence-electron chi connectivity index (χ0n) is 18.9. The molecule has 1 aliphatic rings. The van der Waals surface area contributed by atoms with Gasteiger partial charge in [-0.25, -0.2) is 12.8 Å². The minimum absolute atomic E-state index is 0.0341. The smallest absolute Gasteiger partial charge is 0.178 e. The summed E-state index contributed by atoms with van der Waals surface area (Å²) < 4.78 is 44.1. The number of Topliss-reactive ketones (excluding diaryl/α,β-unsaturated/α-hetero) is 1. The molecule has 0 aliphatic heterocycles. The van der Waals surface area contributed by atoms with Crippen LogP contribution < -0.4 is 4.74 Å². The lowest BCUT2D eigenvalue weighted by Gasteiger charge is -2.42. The van der Waals surface area contributed by atoms with Gasteiger partial charge >= 0.3 is 0 Å². The highest BCUT2D eigenvalue weighted by Gasteiger charge is 2.41. The van der Waals surface area contributed by atoms with E-state index < -0.39 is 21.3 Å². The molecule has 1 saturated carbocycles. The number of carbonyl (C=O) groups excluding carboxylic acids is 1. The standard InChI is InChI=1S/C27H26ClFO4S/c1-2-34(31,32)24-11-6-20(7-12-24)17-22(30)16-19-4-9-23(10-5-19)33-27(14-3-15-27)21-8-13-25(28)26(29)18-21/h4-13,18H,2-3,14-17H2,1H3. The molecule has 0 heterocycles. The van der Waals surface area contributed by atoms with Gasteiger partial charge in [0, 0.05) is 12.8 Å². The molecule has 0 bridgehead atoms. The number of hydrogen-bond donors (Lipinski definition) is 0. The minimum Gasteiger partial charge on any atom is -0.483 e. The van der Waals surface area contributed by atoms with E-state index in [9.17, 15) is 17.6 Å². The average Bonchev–Trinajstić information content (AvgIpc) is 2.79. The van der Waals surface area contributed by atoms with Crippen molar-refractivity contribution in [1.29, 1.82) is 0 Å². The van der Waals surface area contributed by atoms with Crippen LogP contribution >= 0.6 is 11.6 Å². The third kappa shape index (κ3) is 5.34. The maximum absolute atomic E-state index is 14.0. The number of sulfone groups is 1. The van der Waals surface area contributed by atoms with Crippen molar-refractivity contribution in [2.45, 2.75) is 49.5 Å². The Morgan fingerprint density at radius 3 is 2.06 bits per heavy atom. The quantitative estimate of drug-likeness (QED) is 0.357. The van der Waals surface area contributed by atoms with Crippen LogP contribution in [0.3, 0.4) is 0 Å². The van der Waals surface area contributed by atoms with Gasteiger partial charge in [0.15, 0.2) is 9.84 Å². The molecule has 3 aromatic rings. The second kappa shape index (κ2) is 9.88. The summed E-state index contributed by atoms with van der Waals surface area (Å²) in [6.07, 6.45) is 3.10. The zero-order valence-corrected chi connectivity index (χ0v) is 20.5. The molecule has 0 spiro atoms. The van der Waals surface area contributed by atoms with Gasteiger partial charge in [-0.15, -0.1) is 0 Å². The van der Waals surface area contributed by atoms with E-state index in [-0.39, 0.29) is 34.3 Å². The van der Waals surface area contributed by atoms with Gasteiger partial charge in [-0.3, -0.25) is 4.79 Å². The predicted octanol–water partition coefficient (Wildman–Crippen LogP) is 6.09. The molecule has 178 valence electrons. The lowest BCUT2D eigenvalue weighted by atomic mass is 9.74. The van der Waals surface area contributed by atoms with Crippen molar-refractivity contribution in [3.05, 3.63) is 94.3 Å². The molecular weight excluding hydrogens is 475 g/mol. The number of carbonyl (C=O) groups is 1. The van der Waals surface area contributed by atoms with Gasteiger partial charge in [-0.05, 0) is 72.4 Å². The normalized spacial score (nSPS) is 14.9. The molecule has 0 amide bonds. The minimum atomic E-state index is -3.25. The lowest BCUT2D eigenvalue weighted by Crippen LogP contribution is -2.40. The Labute approximate surface area is 204 Å². The van der Waals surface area contributed by atoms with Crippen LogP contribution in [-0.4, -0.2) is 20.0 Å². The second-order valence-electron chi connectivity index (χ2n) is 8.66. The highest BCUT2D eigenvalue weighted by Crippen LogP contribution is 2.45. The summed E-state index contributed by atoms with van der Waals surface area (Å²) in [5, 5.41) is 0.0918. The maximum atomic E-state index is 14.0. The highest BCUT2D eigenvalue weighted by molar-refractivity contribution is 7.91. The predicted molar refractivity (Wildman–Crippen MR) is 131 cm³/mol. The molecule has 0 saturated heterocycles. The fraction of sp³-hybridized carbons (Fsp3) is 0.296. The third-order valence-corrected chi connectivity index (χ3v) is 8.37. The van der Waals surface area contributed by atoms with Crippen LogP contribution in [0.5, 0.6) is 5.75 Å². The van der Waals surface area contributed by atoms with Crippen molar-refractivity contribution < 1.29 is 22.3 Å². The Morgan fingerprint density at radius 1 is 0.971 bits per heavy atom. The number of hydrogen-bond acceptors (Lipinski definition) is 4. The van der Waals surface area contributed by atoms with Gasteiger partial charge in [0.25, 0.3) is 0 Å². The highest BCUT2D eigenvalue weighted by atomic mass is 35.5. The summed E-state index contributed by atoms with van der Waals surface area (Å²) in [6, 6.07) is 18.7. The zero-order chi connectivity index (χ0) is 24.3. The molecule has 4 nitrogen and oxygen atoms in total. The van der Waals surface area contributed by atoms with Crippen LogP contribution in [0.25, 0.3) is 0 Å². The number of halogens is 2. The number of ether oxygens (including phenoxy) is 1. The first-order valence-electron chi connectivity index (χ1n) is 11.3. The van der Waals surface area contributed by atoms with Crippen molar-refractivity contribution in [2.75, 3.05) is 5.75 Å². The van der Waals surface area contributed by atoms with Crippen molar-refractivity contribution in [2.24, 2.45) is 0 Å². The van der Waals surface area contributed by atoms with Crippen LogP contribution in [-0.2, 0) is 33.1 Å². The molecule has 1 aliphatic carbocycles. The van der Waals surface area contributed by atoms with E-state index in [1.807, 2.05) is 30.3 Å². The monoisotopic (exact) mass is 500 g/mol. The van der Waals surface area contributed by atoms with E-state index in [0.717, 1.165) is 36.0 Å². The summed E-state index contributed by atoms with van der Waals surface area (Å²) in [6.45, 7) is 1.60. The van der Waals surface area contributed by atoms with Crippen LogP contribution in [0.15, 0.2) is 71.6 Å². The fourth-order valence-electron chi connectivity index (χ4n) is 4.13. The molecular formula is C27H26ClFO4S. The van der Waals surface area contributed by atoms with Crippen LogP contribution in [0.4, 0.5) is 4.39 Å². The summed E-state index contributed by atoms with van der Waals surface area (Å²) in [7, 11) is -3.25. The first-order chi connectivity index (χ1) is 16.2. The fourth-order valence-corrected chi connectivity index (χ4v) is 5.13. The van der Waals surface area contributed by atoms with Gasteiger partial charge in [-0.1, -0.05) is 48.9 Å². The van der Waals surface area contributed by atoms with E-state index in [0.29, 0.717) is 5.75 Å². The van der Waals surface area contributed by atoms with E-state index in [1.54, 1.807) is 37.3 Å². The first kappa shape index (κ1) is 24.4. The van der Waals surface area contributed by atoms with Crippen LogP contribution in [0, 0.1) is 5.82 Å². The Kier molecular flexibility index (Phi) is 7.10. The largest absolute Gasteiger partial charge is 0.483 e. The number of ketones is 1. The molecule has 3 aromatic carbocycles. The Hall–Kier alpha value is -2.70. The molecule has 7 heteroatoms. The van der Waals surface area contributed by atoms with Crippen molar-refractivity contribution >= 4 is 27.2 Å². The summed E-state index contributed by atoms with van der Waals surface area (Å²) in [5.74, 6) is 0.290. The van der Waals surface area contributed by atoms with E-state index in [2.05, 4.69) is 0 Å². The molecule has 0 unspecified atom stereocenters. The summed E-state index contributed by atoms with van der Waals surface area (Å²) in [5.41, 5.74) is 1.86. The van der Waals surface area contributed by atoms with Gasteiger partial charge in [0.05, 0.1) is 15.7 Å². The van der Waals surface area contributed by atoms with Crippen LogP contribution in [0.1, 0.15) is 42.9 Å². The number of rotatable bonds is 9. The van der Waals surface area contributed by atoms with Crippen molar-refractivity contribution in [1.82, 2.24) is 0 Å². The van der Waals surface area contributed by atoms with Gasteiger partial charge in [0.2, 0.25) is 0 Å².